The quantitative estimate of drug-likeness (QED) is 0.731. The molecular weight excluding hydrogens is 342 g/mol. The molecule has 7 heteroatoms. The molecule has 0 bridgehead atoms. The monoisotopic (exact) mass is 357 g/mol. The number of nitrogens with zero attached hydrogens (tertiary/aromatic N) is 2. The van der Waals surface area contributed by atoms with Gasteiger partial charge in [0.05, 0.1) is 17.7 Å². The number of carbonyl (C=O) groups is 1. The molecule has 25 heavy (non-hydrogen) atoms. The Morgan fingerprint density at radius 1 is 1.20 bits per heavy atom. The van der Waals surface area contributed by atoms with Crippen molar-refractivity contribution in [2.75, 3.05) is 13.7 Å². The number of nitrogens with one attached hydrogen (secondary N) is 1. The third-order valence-electron chi connectivity index (χ3n) is 3.53. The number of ether oxygens (including phenoxy) is 1. The van der Waals surface area contributed by atoms with Gasteiger partial charge in [-0.05, 0) is 30.3 Å². The van der Waals surface area contributed by atoms with E-state index in [4.69, 9.17) is 20.8 Å². The first-order valence-corrected chi connectivity index (χ1v) is 8.04. The van der Waals surface area contributed by atoms with Crippen molar-refractivity contribution in [2.45, 2.75) is 6.42 Å². The maximum atomic E-state index is 12.1. The highest BCUT2D eigenvalue weighted by Gasteiger charge is 2.12. The highest BCUT2D eigenvalue weighted by molar-refractivity contribution is 6.33. The lowest BCUT2D eigenvalue weighted by atomic mass is 10.2. The fourth-order valence-electron chi connectivity index (χ4n) is 2.25. The van der Waals surface area contributed by atoms with Crippen molar-refractivity contribution in [3.05, 3.63) is 65.0 Å². The van der Waals surface area contributed by atoms with Gasteiger partial charge in [-0.1, -0.05) is 29.8 Å². The van der Waals surface area contributed by atoms with Crippen molar-refractivity contribution in [1.29, 1.82) is 0 Å². The van der Waals surface area contributed by atoms with Crippen LogP contribution in [-0.4, -0.2) is 29.8 Å². The summed E-state index contributed by atoms with van der Waals surface area (Å²) in [4.78, 5) is 12.1. The molecule has 0 aliphatic heterocycles. The second-order valence-electron chi connectivity index (χ2n) is 5.22. The highest BCUT2D eigenvalue weighted by Crippen LogP contribution is 2.26. The van der Waals surface area contributed by atoms with E-state index < -0.39 is 0 Å². The molecule has 6 nitrogen and oxygen atoms in total. The summed E-state index contributed by atoms with van der Waals surface area (Å²) in [5.41, 5.74) is 1.21. The maximum absolute atomic E-state index is 12.1. The Bertz CT molecular complexity index is 879. The fraction of sp³-hybridized carbons (Fsp3) is 0.167. The minimum Gasteiger partial charge on any atom is -0.497 e. The van der Waals surface area contributed by atoms with Crippen LogP contribution < -0.4 is 10.1 Å². The Morgan fingerprint density at radius 3 is 2.84 bits per heavy atom. The van der Waals surface area contributed by atoms with E-state index >= 15 is 0 Å². The first kappa shape index (κ1) is 17.0. The number of aromatic nitrogens is 2. The molecule has 3 aromatic rings. The summed E-state index contributed by atoms with van der Waals surface area (Å²) in [6.45, 7) is 0.375. The van der Waals surface area contributed by atoms with Crippen LogP contribution in [0.25, 0.3) is 11.5 Å². The molecule has 0 radical (unpaired) electrons. The lowest BCUT2D eigenvalue weighted by molar-refractivity contribution is 0.0953. The predicted molar refractivity (Wildman–Crippen MR) is 93.8 cm³/mol. The zero-order valence-electron chi connectivity index (χ0n) is 13.5. The number of amides is 1. The molecule has 1 N–H and O–H groups in total. The normalized spacial score (nSPS) is 10.5. The number of methoxy groups -OCH3 is 1. The van der Waals surface area contributed by atoms with Gasteiger partial charge in [0.15, 0.2) is 0 Å². The average Bonchev–Trinajstić information content (AvgIpc) is 3.10. The molecule has 0 saturated heterocycles. The Morgan fingerprint density at radius 2 is 2.04 bits per heavy atom. The van der Waals surface area contributed by atoms with E-state index in [2.05, 4.69) is 15.5 Å². The van der Waals surface area contributed by atoms with Gasteiger partial charge in [0.25, 0.3) is 5.91 Å². The van der Waals surface area contributed by atoms with Crippen molar-refractivity contribution < 1.29 is 13.9 Å². The van der Waals surface area contributed by atoms with Gasteiger partial charge in [0, 0.05) is 18.5 Å². The Kier molecular flexibility index (Phi) is 5.30. The van der Waals surface area contributed by atoms with E-state index in [-0.39, 0.29) is 5.91 Å². The number of halogens is 1. The molecule has 0 aliphatic rings. The zero-order valence-corrected chi connectivity index (χ0v) is 14.3. The molecule has 0 saturated carbocycles. The van der Waals surface area contributed by atoms with Gasteiger partial charge < -0.3 is 14.5 Å². The summed E-state index contributed by atoms with van der Waals surface area (Å²) in [5.74, 6) is 1.24. The molecule has 1 heterocycles. The number of hydrogen-bond donors (Lipinski definition) is 1. The van der Waals surface area contributed by atoms with Crippen LogP contribution in [0.4, 0.5) is 0 Å². The standard InChI is InChI=1S/C18H16ClN3O3/c1-24-13-6-4-5-12(11-13)17(23)20-10-9-16-21-22-18(25-16)14-7-2-3-8-15(14)19/h2-8,11H,9-10H2,1H3,(H,20,23). The third-order valence-corrected chi connectivity index (χ3v) is 3.86. The number of hydrogen-bond acceptors (Lipinski definition) is 5. The molecule has 2 aromatic carbocycles. The number of carbonyl (C=O) groups excluding carboxylic acids is 1. The molecule has 128 valence electrons. The summed E-state index contributed by atoms with van der Waals surface area (Å²) >= 11 is 6.11. The number of benzene rings is 2. The first-order valence-electron chi connectivity index (χ1n) is 7.67. The zero-order chi connectivity index (χ0) is 17.6. The van der Waals surface area contributed by atoms with Crippen LogP contribution in [0.5, 0.6) is 5.75 Å². The third kappa shape index (κ3) is 4.16. The maximum Gasteiger partial charge on any atom is 0.251 e. The van der Waals surface area contributed by atoms with Gasteiger partial charge in [0.1, 0.15) is 5.75 Å². The van der Waals surface area contributed by atoms with E-state index in [1.165, 1.54) is 0 Å². The van der Waals surface area contributed by atoms with Crippen LogP contribution in [0.1, 0.15) is 16.2 Å². The summed E-state index contributed by atoms with van der Waals surface area (Å²) in [7, 11) is 1.56. The molecule has 1 amide bonds. The van der Waals surface area contributed by atoms with E-state index in [1.807, 2.05) is 18.2 Å². The van der Waals surface area contributed by atoms with Gasteiger partial charge in [-0.2, -0.15) is 0 Å². The van der Waals surface area contributed by atoms with Crippen LogP contribution in [0.15, 0.2) is 52.9 Å². The van der Waals surface area contributed by atoms with Gasteiger partial charge in [-0.25, -0.2) is 0 Å². The lowest BCUT2D eigenvalue weighted by Crippen LogP contribution is -2.25. The average molecular weight is 358 g/mol. The lowest BCUT2D eigenvalue weighted by Gasteiger charge is -2.05. The summed E-state index contributed by atoms with van der Waals surface area (Å²) in [6.07, 6.45) is 0.424. The van der Waals surface area contributed by atoms with Gasteiger partial charge in [-0.3, -0.25) is 4.79 Å². The molecule has 0 fully saturated rings. The second-order valence-corrected chi connectivity index (χ2v) is 5.63. The van der Waals surface area contributed by atoms with Crippen LogP contribution in [-0.2, 0) is 6.42 Å². The van der Waals surface area contributed by atoms with Gasteiger partial charge in [0.2, 0.25) is 11.8 Å². The topological polar surface area (TPSA) is 77.2 Å². The second kappa shape index (κ2) is 7.81. The minimum absolute atomic E-state index is 0.190. The Hall–Kier alpha value is -2.86. The van der Waals surface area contributed by atoms with Gasteiger partial charge >= 0.3 is 0 Å². The molecule has 0 spiro atoms. The van der Waals surface area contributed by atoms with Crippen molar-refractivity contribution in [3.8, 4) is 17.2 Å². The fourth-order valence-corrected chi connectivity index (χ4v) is 2.46. The summed E-state index contributed by atoms with van der Waals surface area (Å²) in [6, 6.07) is 14.2. The van der Waals surface area contributed by atoms with Crippen molar-refractivity contribution in [2.24, 2.45) is 0 Å². The van der Waals surface area contributed by atoms with E-state index in [0.717, 1.165) is 0 Å². The largest absolute Gasteiger partial charge is 0.497 e. The molecular formula is C18H16ClN3O3. The first-order chi connectivity index (χ1) is 12.2. The summed E-state index contributed by atoms with van der Waals surface area (Å²) < 4.78 is 10.7. The van der Waals surface area contributed by atoms with E-state index in [1.54, 1.807) is 37.4 Å². The molecule has 0 atom stereocenters. The smallest absolute Gasteiger partial charge is 0.251 e. The van der Waals surface area contributed by atoms with Crippen molar-refractivity contribution in [3.63, 3.8) is 0 Å². The summed E-state index contributed by atoms with van der Waals surface area (Å²) in [5, 5.41) is 11.3. The molecule has 0 unspecified atom stereocenters. The minimum atomic E-state index is -0.190. The van der Waals surface area contributed by atoms with E-state index in [0.29, 0.717) is 46.6 Å². The SMILES string of the molecule is COc1cccc(C(=O)NCCc2nnc(-c3ccccc3Cl)o2)c1. The van der Waals surface area contributed by atoms with Crippen LogP contribution in [0, 0.1) is 0 Å². The van der Waals surface area contributed by atoms with Crippen molar-refractivity contribution in [1.82, 2.24) is 15.5 Å². The van der Waals surface area contributed by atoms with Crippen LogP contribution in [0.2, 0.25) is 5.02 Å². The Balaban J connectivity index is 1.57. The van der Waals surface area contributed by atoms with Crippen LogP contribution >= 0.6 is 11.6 Å². The predicted octanol–water partition coefficient (Wildman–Crippen LogP) is 3.37. The van der Waals surface area contributed by atoms with Crippen LogP contribution in [0.3, 0.4) is 0 Å². The Labute approximate surface area is 149 Å². The number of rotatable bonds is 6. The molecule has 0 aliphatic carbocycles. The molecule has 1 aromatic heterocycles. The highest BCUT2D eigenvalue weighted by atomic mass is 35.5. The van der Waals surface area contributed by atoms with E-state index in [9.17, 15) is 4.79 Å². The van der Waals surface area contributed by atoms with Gasteiger partial charge in [-0.15, -0.1) is 10.2 Å². The molecule has 3 rings (SSSR count). The van der Waals surface area contributed by atoms with Crippen molar-refractivity contribution >= 4 is 17.5 Å².